The molecule has 0 atom stereocenters. The highest BCUT2D eigenvalue weighted by Crippen LogP contribution is 2.38. The number of aromatic nitrogens is 2. The molecule has 3 heterocycles. The van der Waals surface area contributed by atoms with E-state index in [0.29, 0.717) is 45.3 Å². The van der Waals surface area contributed by atoms with E-state index < -0.39 is 17.8 Å². The molecule has 2 aromatic heterocycles. The third-order valence-electron chi connectivity index (χ3n) is 6.93. The molecule has 2 N–H and O–H groups in total. The van der Waals surface area contributed by atoms with Crippen LogP contribution in [0.5, 0.6) is 0 Å². The van der Waals surface area contributed by atoms with Crippen LogP contribution >= 0.6 is 0 Å². The number of benzene rings is 2. The van der Waals surface area contributed by atoms with Crippen molar-refractivity contribution in [1.29, 1.82) is 0 Å². The van der Waals surface area contributed by atoms with Gasteiger partial charge in [-0.3, -0.25) is 14.9 Å². The van der Waals surface area contributed by atoms with E-state index in [-0.39, 0.29) is 0 Å². The summed E-state index contributed by atoms with van der Waals surface area (Å²) < 4.78 is 7.58. The number of nitrogens with one attached hydrogen (secondary N) is 2. The lowest BCUT2D eigenvalue weighted by Crippen LogP contribution is -2.22. The van der Waals surface area contributed by atoms with Gasteiger partial charge in [0.2, 0.25) is 0 Å². The van der Waals surface area contributed by atoms with Gasteiger partial charge in [-0.25, -0.2) is 4.79 Å². The van der Waals surface area contributed by atoms with Crippen molar-refractivity contribution in [3.63, 3.8) is 0 Å². The predicted octanol–water partition coefficient (Wildman–Crippen LogP) is 4.60. The zero-order valence-corrected chi connectivity index (χ0v) is 22.0. The molecule has 0 fully saturated rings. The summed E-state index contributed by atoms with van der Waals surface area (Å²) in [6.07, 6.45) is 6.33. The smallest absolute Gasteiger partial charge is 0.340 e. The van der Waals surface area contributed by atoms with Gasteiger partial charge in [-0.1, -0.05) is 43.7 Å². The molecule has 8 heteroatoms. The Morgan fingerprint density at radius 2 is 1.68 bits per heavy atom. The van der Waals surface area contributed by atoms with Gasteiger partial charge in [-0.15, -0.1) is 0 Å². The Balaban J connectivity index is 1.62. The fourth-order valence-corrected chi connectivity index (χ4v) is 5.08. The minimum absolute atomic E-state index is 0.300. The van der Waals surface area contributed by atoms with E-state index in [0.717, 1.165) is 43.3 Å². The number of aryl methyl sites for hydroxylation is 1. The van der Waals surface area contributed by atoms with Gasteiger partial charge in [0.1, 0.15) is 0 Å². The molecule has 1 aliphatic heterocycles. The monoisotopic (exact) mass is 512 g/mol. The first-order valence-electron chi connectivity index (χ1n) is 13.0. The van der Waals surface area contributed by atoms with E-state index in [2.05, 4.69) is 19.8 Å². The van der Waals surface area contributed by atoms with Gasteiger partial charge >= 0.3 is 5.97 Å². The highest BCUT2D eigenvalue weighted by Gasteiger charge is 2.35. The highest BCUT2D eigenvalue weighted by atomic mass is 16.5. The molecule has 4 aromatic rings. The second kappa shape index (κ2) is 10.7. The molecule has 1 aliphatic rings. The fourth-order valence-electron chi connectivity index (χ4n) is 5.08. The van der Waals surface area contributed by atoms with Crippen LogP contribution in [0.1, 0.15) is 47.7 Å². The summed E-state index contributed by atoms with van der Waals surface area (Å²) in [5, 5.41) is 4.09. The number of aromatic amines is 1. The van der Waals surface area contributed by atoms with E-state index in [4.69, 9.17) is 4.74 Å². The number of carbonyl (C=O) groups excluding carboxylic acids is 3. The topological polar surface area (TPSA) is 96.4 Å². The van der Waals surface area contributed by atoms with Crippen LogP contribution in [0.2, 0.25) is 0 Å². The van der Waals surface area contributed by atoms with Crippen LogP contribution in [0.3, 0.4) is 0 Å². The van der Waals surface area contributed by atoms with Crippen LogP contribution in [0.15, 0.2) is 54.9 Å². The van der Waals surface area contributed by atoms with Crippen LogP contribution in [-0.2, 0) is 20.9 Å². The van der Waals surface area contributed by atoms with Gasteiger partial charge in [-0.2, -0.15) is 0 Å². The lowest BCUT2D eigenvalue weighted by molar-refractivity contribution is -0.122. The van der Waals surface area contributed by atoms with Crippen molar-refractivity contribution in [2.45, 2.75) is 32.7 Å². The number of hydrogen-bond acceptors (Lipinski definition) is 5. The molecule has 0 aliphatic carbocycles. The molecule has 38 heavy (non-hydrogen) atoms. The van der Waals surface area contributed by atoms with Crippen LogP contribution in [0.25, 0.3) is 33.0 Å². The first-order chi connectivity index (χ1) is 18.4. The number of amides is 2. The third kappa shape index (κ3) is 4.63. The minimum atomic E-state index is -0.453. The fraction of sp³-hybridized carbons (Fsp3) is 0.300. The van der Waals surface area contributed by atoms with Gasteiger partial charge in [0.05, 0.1) is 28.8 Å². The number of esters is 1. The Hall–Kier alpha value is -4.17. The normalized spacial score (nSPS) is 13.8. The molecule has 2 aromatic carbocycles. The average molecular weight is 513 g/mol. The van der Waals surface area contributed by atoms with Crippen molar-refractivity contribution in [3.05, 3.63) is 71.5 Å². The van der Waals surface area contributed by atoms with Crippen LogP contribution in [0.4, 0.5) is 0 Å². The second-order valence-corrected chi connectivity index (χ2v) is 9.86. The number of hydrogen-bond donors (Lipinski definition) is 2. The summed E-state index contributed by atoms with van der Waals surface area (Å²) in [5.74, 6) is -1.30. The molecule has 8 nitrogen and oxygen atoms in total. The Bertz CT molecular complexity index is 1570. The Morgan fingerprint density at radius 3 is 2.45 bits per heavy atom. The zero-order chi connectivity index (χ0) is 26.8. The molecule has 0 saturated carbocycles. The summed E-state index contributed by atoms with van der Waals surface area (Å²) in [6.45, 7) is 4.11. The molecule has 196 valence electrons. The lowest BCUT2D eigenvalue weighted by atomic mass is 9.95. The quantitative estimate of drug-likeness (QED) is 0.184. The summed E-state index contributed by atoms with van der Waals surface area (Å²) in [4.78, 5) is 44.4. The molecule has 0 saturated heterocycles. The Kier molecular flexibility index (Phi) is 7.15. The average Bonchev–Trinajstić information content (AvgIpc) is 3.56. The molecular formula is C30H32N4O4. The number of carbonyl (C=O) groups is 3. The first kappa shape index (κ1) is 25.5. The van der Waals surface area contributed by atoms with Crippen LogP contribution < -0.4 is 5.32 Å². The van der Waals surface area contributed by atoms with Crippen LogP contribution in [0, 0.1) is 0 Å². The van der Waals surface area contributed by atoms with Crippen molar-refractivity contribution in [1.82, 2.24) is 19.8 Å². The second-order valence-electron chi connectivity index (χ2n) is 9.86. The maximum absolute atomic E-state index is 13.2. The van der Waals surface area contributed by atoms with Gasteiger partial charge in [0, 0.05) is 46.4 Å². The number of imide groups is 1. The van der Waals surface area contributed by atoms with E-state index in [1.54, 1.807) is 18.3 Å². The highest BCUT2D eigenvalue weighted by molar-refractivity contribution is 6.50. The molecule has 0 unspecified atom stereocenters. The first-order valence-corrected chi connectivity index (χ1v) is 13.0. The van der Waals surface area contributed by atoms with Gasteiger partial charge < -0.3 is 19.2 Å². The summed E-state index contributed by atoms with van der Waals surface area (Å²) in [5.41, 5.74) is 3.92. The maximum atomic E-state index is 13.2. The number of rotatable bonds is 10. The molecule has 5 rings (SSSR count). The summed E-state index contributed by atoms with van der Waals surface area (Å²) in [7, 11) is 4.09. The Labute approximate surface area is 221 Å². The van der Waals surface area contributed by atoms with Gasteiger partial charge in [-0.05, 0) is 45.6 Å². The van der Waals surface area contributed by atoms with Crippen molar-refractivity contribution in [2.75, 3.05) is 27.2 Å². The number of ether oxygens (including phenoxy) is 1. The van der Waals surface area contributed by atoms with Crippen molar-refractivity contribution < 1.29 is 19.1 Å². The molecule has 0 spiro atoms. The Morgan fingerprint density at radius 1 is 0.947 bits per heavy atom. The maximum Gasteiger partial charge on any atom is 0.340 e. The standard InChI is InChI=1S/C30H32N4O4/c1-4-5-16-38-30(37)21-12-8-11-20-22(17-31-27(20)21)25-26(29(36)32-28(25)35)23-18-34(15-9-14-33(2)3)24-13-7-6-10-19(23)24/h6-8,10-13,17-18,31H,4-5,9,14-16H2,1-3H3,(H,32,35,36). The lowest BCUT2D eigenvalue weighted by Gasteiger charge is -2.10. The largest absolute Gasteiger partial charge is 0.462 e. The SMILES string of the molecule is CCCCOC(=O)c1cccc2c(C3=C(c4cn(CCCN(C)C)c5ccccc45)C(=O)NC3=O)c[nH]c12. The number of para-hydroxylation sites is 2. The number of fused-ring (bicyclic) bond motifs is 2. The molecule has 0 radical (unpaired) electrons. The van der Waals surface area contributed by atoms with Crippen molar-refractivity contribution in [3.8, 4) is 0 Å². The van der Waals surface area contributed by atoms with Crippen molar-refractivity contribution >= 4 is 50.7 Å². The third-order valence-corrected chi connectivity index (χ3v) is 6.93. The van der Waals surface area contributed by atoms with E-state index in [1.807, 2.05) is 57.5 Å². The number of nitrogens with zero attached hydrogens (tertiary/aromatic N) is 2. The minimum Gasteiger partial charge on any atom is -0.462 e. The van der Waals surface area contributed by atoms with E-state index >= 15 is 0 Å². The molecular weight excluding hydrogens is 480 g/mol. The molecule has 2 amide bonds. The van der Waals surface area contributed by atoms with Crippen LogP contribution in [-0.4, -0.2) is 59.5 Å². The van der Waals surface area contributed by atoms with Crippen molar-refractivity contribution in [2.24, 2.45) is 0 Å². The summed E-state index contributed by atoms with van der Waals surface area (Å²) >= 11 is 0. The zero-order valence-electron chi connectivity index (χ0n) is 22.0. The predicted molar refractivity (Wildman–Crippen MR) is 149 cm³/mol. The van der Waals surface area contributed by atoms with E-state index in [9.17, 15) is 14.4 Å². The van der Waals surface area contributed by atoms with Gasteiger partial charge in [0.15, 0.2) is 0 Å². The van der Waals surface area contributed by atoms with E-state index in [1.165, 1.54) is 0 Å². The number of unbranched alkanes of at least 4 members (excludes halogenated alkanes) is 1. The molecule has 0 bridgehead atoms. The summed E-state index contributed by atoms with van der Waals surface area (Å²) in [6, 6.07) is 13.2. The number of H-pyrrole nitrogens is 1. The van der Waals surface area contributed by atoms with Gasteiger partial charge in [0.25, 0.3) is 11.8 Å².